The first kappa shape index (κ1) is 16.5. The quantitative estimate of drug-likeness (QED) is 0.843. The fourth-order valence-electron chi connectivity index (χ4n) is 3.01. The number of methoxy groups -OCH3 is 1. The largest absolute Gasteiger partial charge is 0.496 e. The summed E-state index contributed by atoms with van der Waals surface area (Å²) in [5.41, 5.74) is 1.09. The van der Waals surface area contributed by atoms with Crippen molar-refractivity contribution in [3.63, 3.8) is 0 Å². The molecule has 6 nitrogen and oxygen atoms in total. The summed E-state index contributed by atoms with van der Waals surface area (Å²) < 4.78 is 16.3. The van der Waals surface area contributed by atoms with Gasteiger partial charge in [-0.1, -0.05) is 17.3 Å². The van der Waals surface area contributed by atoms with Crippen LogP contribution in [0, 0.1) is 0 Å². The zero-order valence-corrected chi connectivity index (χ0v) is 14.0. The number of amides is 1. The number of carbonyl (C=O) groups is 1. The normalized spacial score (nSPS) is 17.8. The summed E-state index contributed by atoms with van der Waals surface area (Å²) in [5, 5.41) is 3.95. The lowest BCUT2D eigenvalue weighted by molar-refractivity contribution is 0.00689. The minimum atomic E-state index is -0.121. The van der Waals surface area contributed by atoms with E-state index in [-0.39, 0.29) is 12.0 Å². The van der Waals surface area contributed by atoms with Gasteiger partial charge in [0.1, 0.15) is 5.75 Å². The second kappa shape index (κ2) is 7.49. The molecule has 0 N–H and O–H groups in total. The SMILES string of the molecule is CCOC1CCCN(C(=O)c2cc(-c3ccccc3OC)on2)C1. The van der Waals surface area contributed by atoms with Gasteiger partial charge in [0.05, 0.1) is 18.8 Å². The van der Waals surface area contributed by atoms with Crippen molar-refractivity contribution in [1.29, 1.82) is 0 Å². The van der Waals surface area contributed by atoms with E-state index in [2.05, 4.69) is 5.16 Å². The van der Waals surface area contributed by atoms with Crippen molar-refractivity contribution < 1.29 is 18.8 Å². The fourth-order valence-corrected chi connectivity index (χ4v) is 3.01. The highest BCUT2D eigenvalue weighted by Crippen LogP contribution is 2.30. The van der Waals surface area contributed by atoms with Crippen LogP contribution in [0.4, 0.5) is 0 Å². The molecular weight excluding hydrogens is 308 g/mol. The second-order valence-corrected chi connectivity index (χ2v) is 5.75. The van der Waals surface area contributed by atoms with Crippen molar-refractivity contribution in [3.05, 3.63) is 36.0 Å². The monoisotopic (exact) mass is 330 g/mol. The standard InChI is InChI=1S/C18H22N2O4/c1-3-23-13-7-6-10-20(12-13)18(21)15-11-17(24-19-15)14-8-4-5-9-16(14)22-2/h4-5,8-9,11,13H,3,6-7,10,12H2,1-2H3. The van der Waals surface area contributed by atoms with Crippen LogP contribution in [0.15, 0.2) is 34.9 Å². The van der Waals surface area contributed by atoms with Crippen LogP contribution in [0.5, 0.6) is 5.75 Å². The number of carbonyl (C=O) groups excluding carboxylic acids is 1. The molecule has 0 radical (unpaired) electrons. The summed E-state index contributed by atoms with van der Waals surface area (Å²) >= 11 is 0. The average molecular weight is 330 g/mol. The molecule has 3 rings (SSSR count). The molecule has 0 saturated carbocycles. The van der Waals surface area contributed by atoms with Gasteiger partial charge in [0.2, 0.25) is 0 Å². The van der Waals surface area contributed by atoms with Gasteiger partial charge in [0.15, 0.2) is 11.5 Å². The number of nitrogens with zero attached hydrogens (tertiary/aromatic N) is 2. The topological polar surface area (TPSA) is 64.8 Å². The molecule has 1 aliphatic rings. The van der Waals surface area contributed by atoms with Crippen LogP contribution in [0.2, 0.25) is 0 Å². The maximum absolute atomic E-state index is 12.7. The Bertz CT molecular complexity index is 696. The highest BCUT2D eigenvalue weighted by atomic mass is 16.5. The van der Waals surface area contributed by atoms with Crippen LogP contribution in [0.1, 0.15) is 30.3 Å². The van der Waals surface area contributed by atoms with Gasteiger partial charge in [-0.3, -0.25) is 4.79 Å². The highest BCUT2D eigenvalue weighted by Gasteiger charge is 2.27. The van der Waals surface area contributed by atoms with Crippen molar-refractivity contribution in [2.45, 2.75) is 25.9 Å². The Labute approximate surface area is 141 Å². The molecule has 128 valence electrons. The second-order valence-electron chi connectivity index (χ2n) is 5.75. The number of benzene rings is 1. The summed E-state index contributed by atoms with van der Waals surface area (Å²) in [6.07, 6.45) is 2.03. The smallest absolute Gasteiger partial charge is 0.276 e. The Morgan fingerprint density at radius 2 is 2.25 bits per heavy atom. The van der Waals surface area contributed by atoms with Gasteiger partial charge < -0.3 is 18.9 Å². The van der Waals surface area contributed by atoms with Crippen LogP contribution in [0.3, 0.4) is 0 Å². The lowest BCUT2D eigenvalue weighted by Crippen LogP contribution is -2.43. The Hall–Kier alpha value is -2.34. The maximum Gasteiger partial charge on any atom is 0.276 e. The molecule has 0 spiro atoms. The van der Waals surface area contributed by atoms with Crippen LogP contribution in [-0.4, -0.2) is 48.9 Å². The van der Waals surface area contributed by atoms with Crippen molar-refractivity contribution >= 4 is 5.91 Å². The minimum Gasteiger partial charge on any atom is -0.496 e. The van der Waals surface area contributed by atoms with Gasteiger partial charge in [-0.05, 0) is 31.9 Å². The van der Waals surface area contributed by atoms with E-state index < -0.39 is 0 Å². The van der Waals surface area contributed by atoms with Crippen molar-refractivity contribution in [3.8, 4) is 17.1 Å². The minimum absolute atomic E-state index is 0.105. The predicted molar refractivity (Wildman–Crippen MR) is 89.0 cm³/mol. The van der Waals surface area contributed by atoms with E-state index in [1.807, 2.05) is 31.2 Å². The molecule has 1 aromatic carbocycles. The van der Waals surface area contributed by atoms with Gasteiger partial charge in [-0.2, -0.15) is 0 Å². The van der Waals surface area contributed by atoms with Gasteiger partial charge in [0.25, 0.3) is 5.91 Å². The summed E-state index contributed by atoms with van der Waals surface area (Å²) in [5.74, 6) is 1.08. The first-order valence-electron chi connectivity index (χ1n) is 8.24. The fraction of sp³-hybridized carbons (Fsp3) is 0.444. The molecular formula is C18H22N2O4. The average Bonchev–Trinajstić information content (AvgIpc) is 3.11. The van der Waals surface area contributed by atoms with Crippen LogP contribution in [0.25, 0.3) is 11.3 Å². The number of ether oxygens (including phenoxy) is 2. The zero-order chi connectivity index (χ0) is 16.9. The number of aromatic nitrogens is 1. The summed E-state index contributed by atoms with van der Waals surface area (Å²) in [6.45, 7) is 3.95. The molecule has 1 atom stereocenters. The van der Waals surface area contributed by atoms with Gasteiger partial charge in [-0.15, -0.1) is 0 Å². The third-order valence-electron chi connectivity index (χ3n) is 4.17. The molecule has 1 saturated heterocycles. The first-order chi connectivity index (χ1) is 11.7. The Morgan fingerprint density at radius 3 is 3.04 bits per heavy atom. The van der Waals surface area contributed by atoms with E-state index in [0.29, 0.717) is 30.4 Å². The summed E-state index contributed by atoms with van der Waals surface area (Å²) in [6, 6.07) is 9.16. The molecule has 0 aliphatic carbocycles. The molecule has 2 aromatic rings. The lowest BCUT2D eigenvalue weighted by atomic mass is 10.1. The van der Waals surface area contributed by atoms with Crippen molar-refractivity contribution in [2.24, 2.45) is 0 Å². The maximum atomic E-state index is 12.7. The number of hydrogen-bond donors (Lipinski definition) is 0. The van der Waals surface area contributed by atoms with E-state index in [1.165, 1.54) is 0 Å². The van der Waals surface area contributed by atoms with E-state index in [9.17, 15) is 4.79 Å². The summed E-state index contributed by atoms with van der Waals surface area (Å²) in [4.78, 5) is 14.5. The van der Waals surface area contributed by atoms with E-state index in [1.54, 1.807) is 18.1 Å². The van der Waals surface area contributed by atoms with Crippen LogP contribution in [-0.2, 0) is 4.74 Å². The number of hydrogen-bond acceptors (Lipinski definition) is 5. The number of piperidine rings is 1. The molecule has 1 aliphatic heterocycles. The summed E-state index contributed by atoms with van der Waals surface area (Å²) in [7, 11) is 1.60. The van der Waals surface area contributed by atoms with Crippen LogP contribution < -0.4 is 4.74 Å². The molecule has 24 heavy (non-hydrogen) atoms. The predicted octanol–water partition coefficient (Wildman–Crippen LogP) is 2.99. The molecule has 0 bridgehead atoms. The number of likely N-dealkylation sites (tertiary alicyclic amines) is 1. The Kier molecular flexibility index (Phi) is 5.15. The Balaban J connectivity index is 1.76. The highest BCUT2D eigenvalue weighted by molar-refractivity contribution is 5.93. The third-order valence-corrected chi connectivity index (χ3v) is 4.17. The van der Waals surface area contributed by atoms with E-state index in [4.69, 9.17) is 14.0 Å². The molecule has 2 heterocycles. The molecule has 1 amide bonds. The van der Waals surface area contributed by atoms with Gasteiger partial charge >= 0.3 is 0 Å². The van der Waals surface area contributed by atoms with Gasteiger partial charge in [-0.25, -0.2) is 0 Å². The zero-order valence-electron chi connectivity index (χ0n) is 14.0. The van der Waals surface area contributed by atoms with Crippen molar-refractivity contribution in [1.82, 2.24) is 10.1 Å². The van der Waals surface area contributed by atoms with E-state index >= 15 is 0 Å². The molecule has 1 unspecified atom stereocenters. The molecule has 1 aromatic heterocycles. The Morgan fingerprint density at radius 1 is 1.42 bits per heavy atom. The van der Waals surface area contributed by atoms with Crippen molar-refractivity contribution in [2.75, 3.05) is 26.8 Å². The number of rotatable bonds is 5. The lowest BCUT2D eigenvalue weighted by Gasteiger charge is -2.31. The number of para-hydroxylation sites is 1. The van der Waals surface area contributed by atoms with Gasteiger partial charge in [0, 0.05) is 25.8 Å². The molecule has 6 heteroatoms. The molecule has 1 fully saturated rings. The first-order valence-corrected chi connectivity index (χ1v) is 8.24. The van der Waals surface area contributed by atoms with E-state index in [0.717, 1.165) is 24.9 Å². The van der Waals surface area contributed by atoms with Crippen LogP contribution >= 0.6 is 0 Å². The third kappa shape index (κ3) is 3.43.